The van der Waals surface area contributed by atoms with E-state index in [4.69, 9.17) is 23.2 Å². The molecule has 0 bridgehead atoms. The summed E-state index contributed by atoms with van der Waals surface area (Å²) >= 11 is 12.2. The smallest absolute Gasteiger partial charge is 0.264 e. The number of carbonyl (C=O) groups is 2. The second-order valence-corrected chi connectivity index (χ2v) is 7.66. The highest BCUT2D eigenvalue weighted by Gasteiger charge is 2.51. The van der Waals surface area contributed by atoms with Gasteiger partial charge < -0.3 is 10.0 Å². The summed E-state index contributed by atoms with van der Waals surface area (Å²) in [6.07, 6.45) is 1.10. The minimum Gasteiger partial charge on any atom is -0.375 e. The van der Waals surface area contributed by atoms with Crippen molar-refractivity contribution in [1.82, 2.24) is 4.98 Å². The standard InChI is InChI=1S/C22H16Cl2N2O3/c23-15-9-8-14(17(24)11-15)13-26-19-7-2-1-5-16(19)22(29,21(26)28)12-20(27)18-6-3-4-10-25-18/h1-11,29H,12-13H2/t22-/m0/s1. The van der Waals surface area contributed by atoms with E-state index < -0.39 is 23.7 Å². The molecule has 29 heavy (non-hydrogen) atoms. The van der Waals surface area contributed by atoms with Crippen LogP contribution < -0.4 is 4.90 Å². The molecule has 1 aliphatic rings. The van der Waals surface area contributed by atoms with Crippen molar-refractivity contribution >= 4 is 40.6 Å². The highest BCUT2D eigenvalue weighted by atomic mass is 35.5. The van der Waals surface area contributed by atoms with E-state index in [2.05, 4.69) is 4.98 Å². The SMILES string of the molecule is O=C(C[C@@]1(O)C(=O)N(Cc2ccc(Cl)cc2Cl)c2ccccc21)c1ccccn1. The van der Waals surface area contributed by atoms with Crippen LogP contribution in [0.4, 0.5) is 5.69 Å². The summed E-state index contributed by atoms with van der Waals surface area (Å²) in [6, 6.07) is 16.8. The molecule has 5 nitrogen and oxygen atoms in total. The van der Waals surface area contributed by atoms with Gasteiger partial charge in [0.05, 0.1) is 18.7 Å². The second kappa shape index (κ2) is 7.59. The van der Waals surface area contributed by atoms with Crippen molar-refractivity contribution in [2.45, 2.75) is 18.6 Å². The number of hydrogen-bond donors (Lipinski definition) is 1. The molecule has 0 saturated heterocycles. The van der Waals surface area contributed by atoms with Crippen molar-refractivity contribution < 1.29 is 14.7 Å². The number of benzene rings is 2. The Hall–Kier alpha value is -2.73. The fraction of sp³-hybridized carbons (Fsp3) is 0.136. The number of hydrogen-bond acceptors (Lipinski definition) is 4. The van der Waals surface area contributed by atoms with E-state index >= 15 is 0 Å². The molecule has 4 rings (SSSR count). The van der Waals surface area contributed by atoms with Crippen molar-refractivity contribution in [3.63, 3.8) is 0 Å². The Morgan fingerprint density at radius 2 is 1.83 bits per heavy atom. The summed E-state index contributed by atoms with van der Waals surface area (Å²) < 4.78 is 0. The molecular formula is C22H16Cl2N2O3. The quantitative estimate of drug-likeness (QED) is 0.613. The highest BCUT2D eigenvalue weighted by molar-refractivity contribution is 6.35. The molecule has 2 heterocycles. The van der Waals surface area contributed by atoms with Crippen LogP contribution in [0.15, 0.2) is 66.9 Å². The molecule has 7 heteroatoms. The predicted octanol–water partition coefficient (Wildman–Crippen LogP) is 4.40. The topological polar surface area (TPSA) is 70.5 Å². The zero-order valence-corrected chi connectivity index (χ0v) is 16.7. The molecule has 0 aliphatic carbocycles. The summed E-state index contributed by atoms with van der Waals surface area (Å²) in [4.78, 5) is 31.4. The number of carbonyl (C=O) groups excluding carboxylic acids is 2. The van der Waals surface area contributed by atoms with Gasteiger partial charge in [0.2, 0.25) is 0 Å². The number of Topliss-reactive ketones (excluding diaryl/α,β-unsaturated/α-hetero) is 1. The second-order valence-electron chi connectivity index (χ2n) is 6.82. The van der Waals surface area contributed by atoms with Gasteiger partial charge in [0.15, 0.2) is 11.4 Å². The van der Waals surface area contributed by atoms with Crippen molar-refractivity contribution in [1.29, 1.82) is 0 Å². The Bertz CT molecular complexity index is 1100. The number of anilines is 1. The molecule has 1 N–H and O–H groups in total. The third-order valence-electron chi connectivity index (χ3n) is 4.95. The number of aromatic nitrogens is 1. The monoisotopic (exact) mass is 426 g/mol. The molecule has 146 valence electrons. The number of aliphatic hydroxyl groups is 1. The van der Waals surface area contributed by atoms with Crippen molar-refractivity contribution in [2.24, 2.45) is 0 Å². The third kappa shape index (κ3) is 3.53. The number of para-hydroxylation sites is 1. The lowest BCUT2D eigenvalue weighted by Crippen LogP contribution is -2.41. The van der Waals surface area contributed by atoms with Crippen LogP contribution in [0.1, 0.15) is 28.0 Å². The van der Waals surface area contributed by atoms with Gasteiger partial charge in [-0.2, -0.15) is 0 Å². The van der Waals surface area contributed by atoms with Crippen LogP contribution in [0.3, 0.4) is 0 Å². The van der Waals surface area contributed by atoms with E-state index in [1.54, 1.807) is 60.7 Å². The van der Waals surface area contributed by atoms with Crippen LogP contribution in [0, 0.1) is 0 Å². The molecule has 1 amide bonds. The van der Waals surface area contributed by atoms with Gasteiger partial charge in [0.1, 0.15) is 5.69 Å². The lowest BCUT2D eigenvalue weighted by Gasteiger charge is -2.23. The lowest BCUT2D eigenvalue weighted by molar-refractivity contribution is -0.136. The van der Waals surface area contributed by atoms with Crippen molar-refractivity contribution in [3.8, 4) is 0 Å². The number of pyridine rings is 1. The summed E-state index contributed by atoms with van der Waals surface area (Å²) in [6.45, 7) is 0.145. The molecule has 0 spiro atoms. The molecule has 1 aromatic heterocycles. The van der Waals surface area contributed by atoms with E-state index in [1.165, 1.54) is 11.1 Å². The van der Waals surface area contributed by atoms with Gasteiger partial charge in [-0.05, 0) is 35.9 Å². The number of halogens is 2. The summed E-state index contributed by atoms with van der Waals surface area (Å²) in [5, 5.41) is 12.2. The molecule has 0 unspecified atom stereocenters. The molecule has 0 fully saturated rings. The van der Waals surface area contributed by atoms with Crippen LogP contribution in [0.2, 0.25) is 10.0 Å². The first-order valence-corrected chi connectivity index (χ1v) is 9.68. The van der Waals surface area contributed by atoms with Gasteiger partial charge in [-0.15, -0.1) is 0 Å². The zero-order valence-electron chi connectivity index (χ0n) is 15.2. The van der Waals surface area contributed by atoms with E-state index in [-0.39, 0.29) is 12.2 Å². The largest absolute Gasteiger partial charge is 0.375 e. The molecule has 1 aliphatic heterocycles. The van der Waals surface area contributed by atoms with Crippen LogP contribution >= 0.6 is 23.2 Å². The average Bonchev–Trinajstić information content (AvgIpc) is 2.92. The maximum Gasteiger partial charge on any atom is 0.264 e. The van der Waals surface area contributed by atoms with E-state index in [0.717, 1.165) is 0 Å². The molecular weight excluding hydrogens is 411 g/mol. The van der Waals surface area contributed by atoms with Gasteiger partial charge in [-0.1, -0.05) is 53.5 Å². The minimum absolute atomic E-state index is 0.145. The zero-order chi connectivity index (χ0) is 20.6. The highest BCUT2D eigenvalue weighted by Crippen LogP contribution is 2.43. The maximum absolute atomic E-state index is 13.3. The first-order chi connectivity index (χ1) is 13.9. The Morgan fingerprint density at radius 1 is 1.07 bits per heavy atom. The van der Waals surface area contributed by atoms with Crippen molar-refractivity contribution in [2.75, 3.05) is 4.90 Å². The van der Waals surface area contributed by atoms with Gasteiger partial charge in [-0.3, -0.25) is 14.6 Å². The summed E-state index contributed by atoms with van der Waals surface area (Å²) in [5.74, 6) is -0.989. The normalized spacial score (nSPS) is 18.0. The maximum atomic E-state index is 13.3. The average molecular weight is 427 g/mol. The number of ketones is 1. The number of fused-ring (bicyclic) bond motifs is 1. The van der Waals surface area contributed by atoms with Crippen LogP contribution in [-0.4, -0.2) is 21.8 Å². The Balaban J connectivity index is 1.69. The minimum atomic E-state index is -1.97. The van der Waals surface area contributed by atoms with Crippen LogP contribution in [0.5, 0.6) is 0 Å². The Kier molecular flexibility index (Phi) is 5.13. The van der Waals surface area contributed by atoms with E-state index in [0.29, 0.717) is 26.9 Å². The first-order valence-electron chi connectivity index (χ1n) is 8.92. The molecule has 2 aromatic carbocycles. The lowest BCUT2D eigenvalue weighted by atomic mass is 9.89. The molecule has 0 radical (unpaired) electrons. The number of amides is 1. The molecule has 0 saturated carbocycles. The third-order valence-corrected chi connectivity index (χ3v) is 5.54. The van der Waals surface area contributed by atoms with Crippen LogP contribution in [-0.2, 0) is 16.9 Å². The number of nitrogens with zero attached hydrogens (tertiary/aromatic N) is 2. The molecule has 1 atom stereocenters. The van der Waals surface area contributed by atoms with Gasteiger partial charge in [0, 0.05) is 21.8 Å². The fourth-order valence-corrected chi connectivity index (χ4v) is 3.97. The Labute approximate surface area is 177 Å². The summed E-state index contributed by atoms with van der Waals surface area (Å²) in [5.41, 5.74) is -0.159. The van der Waals surface area contributed by atoms with Crippen LogP contribution in [0.25, 0.3) is 0 Å². The van der Waals surface area contributed by atoms with E-state index in [9.17, 15) is 14.7 Å². The van der Waals surface area contributed by atoms with Gasteiger partial charge in [-0.25, -0.2) is 0 Å². The Morgan fingerprint density at radius 3 is 2.55 bits per heavy atom. The summed E-state index contributed by atoms with van der Waals surface area (Å²) in [7, 11) is 0. The number of rotatable bonds is 5. The fourth-order valence-electron chi connectivity index (χ4n) is 3.51. The predicted molar refractivity (Wildman–Crippen MR) is 111 cm³/mol. The first kappa shape index (κ1) is 19.6. The van der Waals surface area contributed by atoms with E-state index in [1.807, 2.05) is 0 Å². The van der Waals surface area contributed by atoms with Gasteiger partial charge >= 0.3 is 0 Å². The van der Waals surface area contributed by atoms with Crippen molar-refractivity contribution in [3.05, 3.63) is 93.7 Å². The molecule has 3 aromatic rings. The van der Waals surface area contributed by atoms with Gasteiger partial charge in [0.25, 0.3) is 5.91 Å².